The number of alkyl halides is 2. The van der Waals surface area contributed by atoms with E-state index in [4.69, 9.17) is 0 Å². The molecule has 0 aliphatic heterocycles. The third-order valence-corrected chi connectivity index (χ3v) is 3.75. The van der Waals surface area contributed by atoms with E-state index in [1.165, 1.54) is 6.07 Å². The monoisotopic (exact) mass is 279 g/mol. The number of aromatic nitrogens is 1. The number of H-pyrrole nitrogens is 1. The number of ether oxygens (including phenoxy) is 1. The third-order valence-electron chi connectivity index (χ3n) is 3.75. The van der Waals surface area contributed by atoms with Crippen LogP contribution in [0.3, 0.4) is 0 Å². The maximum Gasteiger partial charge on any atom is 0.387 e. The second-order valence-corrected chi connectivity index (χ2v) is 5.03. The average Bonchev–Trinajstić information content (AvgIpc) is 2.65. The summed E-state index contributed by atoms with van der Waals surface area (Å²) in [5.74, 6) is 0.0293. The van der Waals surface area contributed by atoms with Crippen LogP contribution in [0.15, 0.2) is 23.0 Å². The maximum atomic E-state index is 12.5. The smallest absolute Gasteiger partial charge is 0.387 e. The van der Waals surface area contributed by atoms with Crippen LogP contribution < -0.4 is 10.2 Å². The molecule has 0 radical (unpaired) electrons. The SMILES string of the molecule is O=c1c2c([nH]c3c(OC(F)F)cccc13)CCCCC2. The van der Waals surface area contributed by atoms with Crippen LogP contribution in [0.2, 0.25) is 0 Å². The normalized spacial score (nSPS) is 15.2. The van der Waals surface area contributed by atoms with Crippen molar-refractivity contribution in [3.05, 3.63) is 39.7 Å². The Morgan fingerprint density at radius 1 is 1.15 bits per heavy atom. The molecule has 0 amide bonds. The summed E-state index contributed by atoms with van der Waals surface area (Å²) in [5.41, 5.74) is 1.98. The maximum absolute atomic E-state index is 12.5. The highest BCUT2D eigenvalue weighted by molar-refractivity contribution is 5.85. The van der Waals surface area contributed by atoms with Crippen LogP contribution in [0.4, 0.5) is 8.78 Å². The van der Waals surface area contributed by atoms with Crippen LogP contribution in [0.5, 0.6) is 5.75 Å². The van der Waals surface area contributed by atoms with Crippen molar-refractivity contribution in [2.75, 3.05) is 0 Å². The van der Waals surface area contributed by atoms with E-state index in [0.29, 0.717) is 10.9 Å². The summed E-state index contributed by atoms with van der Waals surface area (Å²) < 4.78 is 29.4. The van der Waals surface area contributed by atoms with Crippen molar-refractivity contribution >= 4 is 10.9 Å². The number of aryl methyl sites for hydroxylation is 1. The first-order valence-electron chi connectivity index (χ1n) is 6.78. The number of rotatable bonds is 2. The zero-order valence-electron chi connectivity index (χ0n) is 10.9. The van der Waals surface area contributed by atoms with Crippen LogP contribution in [0.1, 0.15) is 30.5 Å². The van der Waals surface area contributed by atoms with Gasteiger partial charge in [-0.2, -0.15) is 8.78 Å². The number of benzene rings is 1. The molecule has 2 aromatic rings. The second-order valence-electron chi connectivity index (χ2n) is 5.03. The largest absolute Gasteiger partial charge is 0.433 e. The van der Waals surface area contributed by atoms with Gasteiger partial charge < -0.3 is 9.72 Å². The van der Waals surface area contributed by atoms with E-state index in [-0.39, 0.29) is 11.2 Å². The van der Waals surface area contributed by atoms with Gasteiger partial charge in [-0.3, -0.25) is 4.79 Å². The predicted octanol–water partition coefficient (Wildman–Crippen LogP) is 3.40. The molecule has 1 aliphatic carbocycles. The van der Waals surface area contributed by atoms with Crippen LogP contribution in [0, 0.1) is 0 Å². The summed E-state index contributed by atoms with van der Waals surface area (Å²) >= 11 is 0. The summed E-state index contributed by atoms with van der Waals surface area (Å²) in [6.45, 7) is -2.90. The Morgan fingerprint density at radius 2 is 1.95 bits per heavy atom. The fraction of sp³-hybridized carbons (Fsp3) is 0.400. The number of pyridine rings is 1. The number of nitrogens with one attached hydrogen (secondary N) is 1. The van der Waals surface area contributed by atoms with Gasteiger partial charge >= 0.3 is 6.61 Å². The molecule has 0 spiro atoms. The van der Waals surface area contributed by atoms with Crippen molar-refractivity contribution < 1.29 is 13.5 Å². The molecule has 1 heterocycles. The van der Waals surface area contributed by atoms with E-state index in [9.17, 15) is 13.6 Å². The zero-order valence-corrected chi connectivity index (χ0v) is 10.9. The van der Waals surface area contributed by atoms with Gasteiger partial charge in [-0.25, -0.2) is 0 Å². The Labute approximate surface area is 114 Å². The van der Waals surface area contributed by atoms with Gasteiger partial charge in [0.25, 0.3) is 0 Å². The topological polar surface area (TPSA) is 42.1 Å². The van der Waals surface area contributed by atoms with Crippen molar-refractivity contribution in [3.8, 4) is 5.75 Å². The molecule has 20 heavy (non-hydrogen) atoms. The molecule has 1 N–H and O–H groups in total. The molecule has 0 fully saturated rings. The quantitative estimate of drug-likeness (QED) is 0.856. The molecule has 3 nitrogen and oxygen atoms in total. The van der Waals surface area contributed by atoms with Gasteiger partial charge in [-0.05, 0) is 37.8 Å². The fourth-order valence-electron chi connectivity index (χ4n) is 2.83. The summed E-state index contributed by atoms with van der Waals surface area (Å²) in [6.07, 6.45) is 4.61. The summed E-state index contributed by atoms with van der Waals surface area (Å²) in [7, 11) is 0. The molecule has 1 aromatic heterocycles. The molecule has 3 rings (SSSR count). The van der Waals surface area contributed by atoms with Crippen molar-refractivity contribution in [2.24, 2.45) is 0 Å². The lowest BCUT2D eigenvalue weighted by Gasteiger charge is -2.12. The number of hydrogen-bond acceptors (Lipinski definition) is 2. The Hall–Kier alpha value is -1.91. The number of aromatic amines is 1. The van der Waals surface area contributed by atoms with Gasteiger partial charge in [0, 0.05) is 16.6 Å². The minimum atomic E-state index is -2.90. The molecule has 106 valence electrons. The first-order chi connectivity index (χ1) is 9.66. The van der Waals surface area contributed by atoms with Crippen LogP contribution in [-0.4, -0.2) is 11.6 Å². The highest BCUT2D eigenvalue weighted by Crippen LogP contribution is 2.26. The molecule has 0 unspecified atom stereocenters. The van der Waals surface area contributed by atoms with Crippen molar-refractivity contribution in [1.82, 2.24) is 4.98 Å². The van der Waals surface area contributed by atoms with Gasteiger partial charge in [-0.15, -0.1) is 0 Å². The summed E-state index contributed by atoms with van der Waals surface area (Å²) in [4.78, 5) is 15.6. The van der Waals surface area contributed by atoms with E-state index < -0.39 is 6.61 Å². The average molecular weight is 279 g/mol. The first-order valence-corrected chi connectivity index (χ1v) is 6.78. The van der Waals surface area contributed by atoms with Gasteiger partial charge in [0.15, 0.2) is 5.43 Å². The van der Waals surface area contributed by atoms with Crippen molar-refractivity contribution in [1.29, 1.82) is 0 Å². The molecular formula is C15H15F2NO2. The lowest BCUT2D eigenvalue weighted by Crippen LogP contribution is -2.15. The van der Waals surface area contributed by atoms with Crippen LogP contribution in [0.25, 0.3) is 10.9 Å². The number of fused-ring (bicyclic) bond motifs is 2. The minimum Gasteiger partial charge on any atom is -0.433 e. The summed E-state index contributed by atoms with van der Waals surface area (Å²) in [6, 6.07) is 4.67. The van der Waals surface area contributed by atoms with E-state index >= 15 is 0 Å². The van der Waals surface area contributed by atoms with Crippen molar-refractivity contribution in [3.63, 3.8) is 0 Å². The molecule has 0 atom stereocenters. The van der Waals surface area contributed by atoms with Gasteiger partial charge in [0.2, 0.25) is 0 Å². The molecule has 0 saturated heterocycles. The molecule has 1 aromatic carbocycles. The summed E-state index contributed by atoms with van der Waals surface area (Å²) in [5, 5.41) is 0.420. The van der Waals surface area contributed by atoms with E-state index in [1.54, 1.807) is 12.1 Å². The molecular weight excluding hydrogens is 264 g/mol. The van der Waals surface area contributed by atoms with Crippen LogP contribution >= 0.6 is 0 Å². The standard InChI is InChI=1S/C15H15F2NO2/c16-15(17)20-12-8-4-6-10-13(12)18-11-7-3-1-2-5-9(11)14(10)19/h4,6,8,15H,1-3,5,7H2,(H,18,19). The zero-order chi connectivity index (χ0) is 14.1. The van der Waals surface area contributed by atoms with E-state index in [2.05, 4.69) is 9.72 Å². The van der Waals surface area contributed by atoms with Crippen LogP contribution in [-0.2, 0) is 12.8 Å². The van der Waals surface area contributed by atoms with Crippen molar-refractivity contribution in [2.45, 2.75) is 38.7 Å². The lowest BCUT2D eigenvalue weighted by molar-refractivity contribution is -0.0489. The lowest BCUT2D eigenvalue weighted by atomic mass is 10.0. The van der Waals surface area contributed by atoms with Gasteiger partial charge in [0.05, 0.1) is 5.52 Å². The van der Waals surface area contributed by atoms with Gasteiger partial charge in [0.1, 0.15) is 5.75 Å². The highest BCUT2D eigenvalue weighted by Gasteiger charge is 2.17. The second kappa shape index (κ2) is 5.23. The Bertz CT molecular complexity index is 694. The Morgan fingerprint density at radius 3 is 2.75 bits per heavy atom. The molecule has 1 aliphatic rings. The predicted molar refractivity (Wildman–Crippen MR) is 72.5 cm³/mol. The minimum absolute atomic E-state index is 0.0293. The number of para-hydroxylation sites is 1. The highest BCUT2D eigenvalue weighted by atomic mass is 19.3. The Kier molecular flexibility index (Phi) is 3.42. The molecule has 5 heteroatoms. The molecule has 0 saturated carbocycles. The van der Waals surface area contributed by atoms with E-state index in [1.807, 2.05) is 0 Å². The number of halogens is 2. The fourth-order valence-corrected chi connectivity index (χ4v) is 2.83. The first kappa shape index (κ1) is 13.1. The number of hydrogen-bond donors (Lipinski definition) is 1. The van der Waals surface area contributed by atoms with E-state index in [0.717, 1.165) is 43.4 Å². The van der Waals surface area contributed by atoms with Gasteiger partial charge in [-0.1, -0.05) is 12.5 Å². The Balaban J connectivity index is 2.24. The molecule has 0 bridgehead atoms. The third kappa shape index (κ3) is 2.28.